The Morgan fingerprint density at radius 3 is 3.20 bits per heavy atom. The minimum Gasteiger partial charge on any atom is -0.264 e. The van der Waals surface area contributed by atoms with Crippen molar-refractivity contribution in [1.82, 2.24) is 9.98 Å². The zero-order valence-corrected chi connectivity index (χ0v) is 5.36. The molecule has 1 aromatic rings. The van der Waals surface area contributed by atoms with Gasteiger partial charge >= 0.3 is 0 Å². The molecule has 0 aliphatic carbocycles. The van der Waals surface area contributed by atoms with Crippen LogP contribution >= 0.6 is 0 Å². The third kappa shape index (κ3) is 0.739. The summed E-state index contributed by atoms with van der Waals surface area (Å²) in [5.74, 6) is 0. The summed E-state index contributed by atoms with van der Waals surface area (Å²) < 4.78 is 0. The molecule has 1 radical (unpaired) electrons. The van der Waals surface area contributed by atoms with Crippen LogP contribution in [0.1, 0.15) is 11.1 Å². The van der Waals surface area contributed by atoms with Gasteiger partial charge in [0.15, 0.2) is 0 Å². The molecule has 2 nitrogen and oxygen atoms in total. The van der Waals surface area contributed by atoms with Crippen LogP contribution in [-0.4, -0.2) is 11.2 Å². The van der Waals surface area contributed by atoms with Gasteiger partial charge in [0.25, 0.3) is 0 Å². The van der Waals surface area contributed by atoms with Crippen LogP contribution in [0.25, 0.3) is 6.08 Å². The number of aliphatic imine (C=N–C) groups is 1. The monoisotopic (exact) mass is 130 g/mol. The Labute approximate surface area is 58.9 Å². The molecule has 2 heteroatoms. The van der Waals surface area contributed by atoms with Gasteiger partial charge in [-0.2, -0.15) is 0 Å². The average molecular weight is 130 g/mol. The Morgan fingerprint density at radius 1 is 1.30 bits per heavy atom. The van der Waals surface area contributed by atoms with Gasteiger partial charge in [0, 0.05) is 24.0 Å². The number of hydrogen-bond donors (Lipinski definition) is 0. The molecule has 0 saturated heterocycles. The Balaban J connectivity index is 2.65. The molecule has 0 bridgehead atoms. The van der Waals surface area contributed by atoms with Crippen LogP contribution < -0.4 is 4.99 Å². The summed E-state index contributed by atoms with van der Waals surface area (Å²) in [5.41, 5.74) is 2.27. The molecule has 0 unspecified atom stereocenters. The number of fused-ring (bicyclic) bond motifs is 1. The van der Waals surface area contributed by atoms with Gasteiger partial charge in [-0.25, -0.2) is 0 Å². The zero-order valence-electron chi connectivity index (χ0n) is 5.36. The van der Waals surface area contributed by atoms with Crippen LogP contribution in [0.2, 0.25) is 0 Å². The molecule has 0 atom stereocenters. The largest absolute Gasteiger partial charge is 0.264 e. The minimum atomic E-state index is 1.14. The molecule has 0 N–H and O–H groups in total. The molecule has 47 valence electrons. The fraction of sp³-hybridized carbons (Fsp3) is 0. The highest BCUT2D eigenvalue weighted by atomic mass is 14.7. The molecule has 0 amide bonds. The molecule has 0 spiro atoms. The van der Waals surface area contributed by atoms with E-state index in [0.717, 1.165) is 11.1 Å². The summed E-state index contributed by atoms with van der Waals surface area (Å²) in [6.45, 7) is 0. The summed E-state index contributed by atoms with van der Waals surface area (Å²) in [6, 6.07) is 1.95. The van der Waals surface area contributed by atoms with Gasteiger partial charge in [0.1, 0.15) is 0 Å². The predicted molar refractivity (Wildman–Crippen MR) is 40.6 cm³/mol. The first-order chi connectivity index (χ1) is 4.97. The van der Waals surface area contributed by atoms with Crippen molar-refractivity contribution in [3.63, 3.8) is 0 Å². The maximum Gasteiger partial charge on any atom is 0.250 e. The van der Waals surface area contributed by atoms with Gasteiger partial charge < -0.3 is 0 Å². The highest BCUT2D eigenvalue weighted by Crippen LogP contribution is 2.07. The van der Waals surface area contributed by atoms with E-state index in [1.165, 1.54) is 0 Å². The third-order valence-electron chi connectivity index (χ3n) is 1.44. The molecular weight excluding hydrogens is 124 g/mol. The van der Waals surface area contributed by atoms with Crippen molar-refractivity contribution in [2.75, 3.05) is 0 Å². The summed E-state index contributed by atoms with van der Waals surface area (Å²) >= 11 is 0. The number of pyridine rings is 1. The van der Waals surface area contributed by atoms with Crippen molar-refractivity contribution in [2.24, 2.45) is 0 Å². The van der Waals surface area contributed by atoms with Gasteiger partial charge in [-0.1, -0.05) is 0 Å². The molecule has 1 aliphatic heterocycles. The van der Waals surface area contributed by atoms with Crippen LogP contribution in [0.5, 0.6) is 0 Å². The Hall–Kier alpha value is -1.44. The van der Waals surface area contributed by atoms with Crippen LogP contribution in [0.3, 0.4) is 0 Å². The van der Waals surface area contributed by atoms with E-state index in [-0.39, 0.29) is 0 Å². The van der Waals surface area contributed by atoms with Gasteiger partial charge in [0.05, 0.1) is 10.6 Å². The van der Waals surface area contributed by atoms with E-state index in [0.29, 0.717) is 0 Å². The van der Waals surface area contributed by atoms with Crippen LogP contribution in [0, 0.1) is 0 Å². The second kappa shape index (κ2) is 2.06. The molecular formula is C8H6N2+. The standard InChI is InChI=1S/C8H6N2/c1-3-9-6-8-2-4-10-5-7(1)8/h1-6H/q+1. The SMILES string of the molecule is C1=Cc2cnccc2C=[N+]1. The maximum atomic E-state index is 3.99. The summed E-state index contributed by atoms with van der Waals surface area (Å²) in [7, 11) is 0. The van der Waals surface area contributed by atoms with Crippen LogP contribution in [0.15, 0.2) is 24.7 Å². The normalized spacial score (nSPS) is 13.2. The predicted octanol–water partition coefficient (Wildman–Crippen LogP) is 0.821. The van der Waals surface area contributed by atoms with Crippen molar-refractivity contribution in [1.29, 1.82) is 0 Å². The lowest BCUT2D eigenvalue weighted by Gasteiger charge is -1.93. The Bertz CT molecular complexity index is 269. The second-order valence-electron chi connectivity index (χ2n) is 2.10. The fourth-order valence-corrected chi connectivity index (χ4v) is 0.921. The van der Waals surface area contributed by atoms with Crippen molar-refractivity contribution in [2.45, 2.75) is 0 Å². The van der Waals surface area contributed by atoms with Gasteiger partial charge in [-0.05, 0) is 6.07 Å². The van der Waals surface area contributed by atoms with Crippen LogP contribution in [-0.2, 0) is 0 Å². The zero-order chi connectivity index (χ0) is 6.81. The minimum absolute atomic E-state index is 1.14. The van der Waals surface area contributed by atoms with Crippen LogP contribution in [0.4, 0.5) is 0 Å². The van der Waals surface area contributed by atoms with E-state index in [4.69, 9.17) is 0 Å². The second-order valence-corrected chi connectivity index (χ2v) is 2.10. The number of aromatic nitrogens is 1. The van der Waals surface area contributed by atoms with E-state index >= 15 is 0 Å². The lowest BCUT2D eigenvalue weighted by Crippen LogP contribution is -1.96. The number of hydrogen-bond acceptors (Lipinski definition) is 2. The molecule has 0 aromatic carbocycles. The fourth-order valence-electron chi connectivity index (χ4n) is 0.921. The smallest absolute Gasteiger partial charge is 0.250 e. The first-order valence-corrected chi connectivity index (χ1v) is 3.10. The quantitative estimate of drug-likeness (QED) is 0.510. The Kier molecular flexibility index (Phi) is 1.10. The van der Waals surface area contributed by atoms with Gasteiger partial charge in [-0.3, -0.25) is 4.98 Å². The van der Waals surface area contributed by atoms with E-state index in [9.17, 15) is 0 Å². The molecule has 0 fully saturated rings. The van der Waals surface area contributed by atoms with E-state index in [1.54, 1.807) is 12.4 Å². The lowest BCUT2D eigenvalue weighted by atomic mass is 10.1. The average Bonchev–Trinajstić information content (AvgIpc) is 2.05. The maximum absolute atomic E-state index is 3.99. The molecule has 1 aliphatic rings. The lowest BCUT2D eigenvalue weighted by molar-refractivity contribution is 1.29. The van der Waals surface area contributed by atoms with Crippen molar-refractivity contribution >= 4 is 12.3 Å². The van der Waals surface area contributed by atoms with Gasteiger partial charge in [-0.15, -0.1) is 0 Å². The molecule has 2 heterocycles. The molecule has 10 heavy (non-hydrogen) atoms. The van der Waals surface area contributed by atoms with E-state index < -0.39 is 0 Å². The summed E-state index contributed by atoms with van der Waals surface area (Å²) in [4.78, 5) is 7.97. The highest BCUT2D eigenvalue weighted by molar-refractivity contribution is 5.86. The van der Waals surface area contributed by atoms with E-state index in [1.807, 2.05) is 24.6 Å². The first kappa shape index (κ1) is 5.35. The molecule has 2 rings (SSSR count). The summed E-state index contributed by atoms with van der Waals surface area (Å²) in [5, 5.41) is 0. The number of rotatable bonds is 0. The first-order valence-electron chi connectivity index (χ1n) is 3.10. The van der Waals surface area contributed by atoms with Crippen molar-refractivity contribution in [3.05, 3.63) is 35.8 Å². The molecule has 0 saturated carbocycles. The third-order valence-corrected chi connectivity index (χ3v) is 1.44. The van der Waals surface area contributed by atoms with Crippen molar-refractivity contribution in [3.8, 4) is 0 Å². The Morgan fingerprint density at radius 2 is 2.30 bits per heavy atom. The summed E-state index contributed by atoms with van der Waals surface area (Å²) in [6.07, 6.45) is 9.14. The molecule has 1 aromatic heterocycles. The number of nitrogens with zero attached hydrogens (tertiary/aromatic N) is 2. The highest BCUT2D eigenvalue weighted by Gasteiger charge is 2.04. The van der Waals surface area contributed by atoms with Crippen molar-refractivity contribution < 1.29 is 0 Å². The topological polar surface area (TPSA) is 27.0 Å². The van der Waals surface area contributed by atoms with Gasteiger partial charge in [0.2, 0.25) is 12.4 Å². The van der Waals surface area contributed by atoms with E-state index in [2.05, 4.69) is 9.98 Å².